The van der Waals surface area contributed by atoms with E-state index in [0.29, 0.717) is 11.3 Å². The topological polar surface area (TPSA) is 113 Å². The van der Waals surface area contributed by atoms with Crippen LogP contribution in [-0.2, 0) is 16.4 Å². The number of anilines is 1. The molecule has 3 rings (SSSR count). The number of rotatable bonds is 4. The van der Waals surface area contributed by atoms with Gasteiger partial charge in [-0.1, -0.05) is 34.1 Å². The Morgan fingerprint density at radius 1 is 1.10 bits per heavy atom. The van der Waals surface area contributed by atoms with Gasteiger partial charge in [-0.15, -0.1) is 0 Å². The van der Waals surface area contributed by atoms with E-state index in [-0.39, 0.29) is 37.2 Å². The molecule has 10 heteroatoms. The maximum Gasteiger partial charge on any atom is 0.324 e. The van der Waals surface area contributed by atoms with Crippen molar-refractivity contribution in [3.63, 3.8) is 0 Å². The van der Waals surface area contributed by atoms with Crippen LogP contribution in [0.2, 0.25) is 0 Å². The second kappa shape index (κ2) is 8.93. The molecule has 2 aromatic rings. The van der Waals surface area contributed by atoms with Gasteiger partial charge in [0.05, 0.1) is 18.1 Å². The van der Waals surface area contributed by atoms with Gasteiger partial charge in [-0.05, 0) is 35.9 Å². The van der Waals surface area contributed by atoms with Crippen LogP contribution in [0.1, 0.15) is 15.9 Å². The molecule has 29 heavy (non-hydrogen) atoms. The molecule has 8 nitrogen and oxygen atoms in total. The SMILES string of the molecule is NNC(=O)c1ccc(CN(C(=O)N2CCS(=O)(=O)CC2)c2cccc(Br)c2)cc1. The number of hydrogen-bond donors (Lipinski definition) is 2. The third kappa shape index (κ3) is 5.34. The lowest BCUT2D eigenvalue weighted by Gasteiger charge is -2.33. The highest BCUT2D eigenvalue weighted by molar-refractivity contribution is 9.10. The second-order valence-corrected chi connectivity index (χ2v) is 9.88. The lowest BCUT2D eigenvalue weighted by molar-refractivity contribution is 0.0953. The maximum absolute atomic E-state index is 13.2. The molecule has 1 heterocycles. The van der Waals surface area contributed by atoms with Gasteiger partial charge in [-0.25, -0.2) is 19.1 Å². The molecule has 1 saturated heterocycles. The van der Waals surface area contributed by atoms with E-state index < -0.39 is 15.7 Å². The van der Waals surface area contributed by atoms with Gasteiger partial charge >= 0.3 is 6.03 Å². The van der Waals surface area contributed by atoms with E-state index in [9.17, 15) is 18.0 Å². The summed E-state index contributed by atoms with van der Waals surface area (Å²) in [4.78, 5) is 28.0. The van der Waals surface area contributed by atoms with Gasteiger partial charge in [0.15, 0.2) is 9.84 Å². The highest BCUT2D eigenvalue weighted by Gasteiger charge is 2.29. The average Bonchev–Trinajstić information content (AvgIpc) is 2.71. The Hall–Kier alpha value is -2.43. The van der Waals surface area contributed by atoms with E-state index in [1.54, 1.807) is 34.1 Å². The van der Waals surface area contributed by atoms with Gasteiger partial charge in [-0.3, -0.25) is 15.1 Å². The molecule has 1 aliphatic rings. The first-order chi connectivity index (χ1) is 13.8. The molecule has 1 fully saturated rings. The van der Waals surface area contributed by atoms with Gasteiger partial charge in [0, 0.05) is 28.8 Å². The summed E-state index contributed by atoms with van der Waals surface area (Å²) in [6.07, 6.45) is 0. The summed E-state index contributed by atoms with van der Waals surface area (Å²) in [5, 5.41) is 0. The van der Waals surface area contributed by atoms with Crippen molar-refractivity contribution in [1.82, 2.24) is 10.3 Å². The van der Waals surface area contributed by atoms with E-state index in [1.807, 2.05) is 24.3 Å². The monoisotopic (exact) mass is 480 g/mol. The number of amides is 3. The first-order valence-corrected chi connectivity index (χ1v) is 11.5. The van der Waals surface area contributed by atoms with Crippen molar-refractivity contribution in [2.75, 3.05) is 29.5 Å². The third-order valence-electron chi connectivity index (χ3n) is 4.65. The molecule has 0 aromatic heterocycles. The Labute approximate surface area is 177 Å². The van der Waals surface area contributed by atoms with Crippen LogP contribution >= 0.6 is 15.9 Å². The zero-order chi connectivity index (χ0) is 21.0. The number of carbonyl (C=O) groups is 2. The number of halogens is 1. The van der Waals surface area contributed by atoms with Crippen LogP contribution in [-0.4, -0.2) is 49.9 Å². The van der Waals surface area contributed by atoms with Gasteiger partial charge in [0.2, 0.25) is 0 Å². The van der Waals surface area contributed by atoms with Gasteiger partial charge in [0.1, 0.15) is 0 Å². The van der Waals surface area contributed by atoms with Crippen LogP contribution in [0.25, 0.3) is 0 Å². The molecular weight excluding hydrogens is 460 g/mol. The van der Waals surface area contributed by atoms with E-state index in [1.165, 1.54) is 0 Å². The minimum atomic E-state index is -3.09. The summed E-state index contributed by atoms with van der Waals surface area (Å²) in [7, 11) is -3.09. The van der Waals surface area contributed by atoms with Crippen molar-refractivity contribution in [3.05, 3.63) is 64.1 Å². The predicted octanol–water partition coefficient (Wildman–Crippen LogP) is 1.91. The van der Waals surface area contributed by atoms with E-state index >= 15 is 0 Å². The largest absolute Gasteiger partial charge is 0.324 e. The number of nitrogens with zero attached hydrogens (tertiary/aromatic N) is 2. The Balaban J connectivity index is 1.85. The van der Waals surface area contributed by atoms with Gasteiger partial charge < -0.3 is 4.90 Å². The van der Waals surface area contributed by atoms with E-state index in [0.717, 1.165) is 10.0 Å². The molecule has 3 N–H and O–H groups in total. The Kier molecular flexibility index (Phi) is 6.56. The van der Waals surface area contributed by atoms with Crippen LogP contribution in [0.15, 0.2) is 53.0 Å². The highest BCUT2D eigenvalue weighted by Crippen LogP contribution is 2.24. The summed E-state index contributed by atoms with van der Waals surface area (Å²) in [5.41, 5.74) is 3.99. The number of hydrogen-bond acceptors (Lipinski definition) is 5. The molecule has 0 unspecified atom stereocenters. The molecule has 0 aliphatic carbocycles. The molecule has 3 amide bonds. The summed E-state index contributed by atoms with van der Waals surface area (Å²) < 4.78 is 24.2. The molecule has 2 aromatic carbocycles. The van der Waals surface area contributed by atoms with Crippen LogP contribution in [0.3, 0.4) is 0 Å². The zero-order valence-electron chi connectivity index (χ0n) is 15.5. The number of nitrogen functional groups attached to an aromatic ring is 1. The Morgan fingerprint density at radius 2 is 1.76 bits per heavy atom. The molecule has 1 aliphatic heterocycles. The first kappa shape index (κ1) is 21.3. The summed E-state index contributed by atoms with van der Waals surface area (Å²) in [6.45, 7) is 0.603. The average molecular weight is 481 g/mol. The van der Waals surface area contributed by atoms with Crippen molar-refractivity contribution in [2.24, 2.45) is 5.84 Å². The summed E-state index contributed by atoms with van der Waals surface area (Å²) in [5.74, 6) is 4.68. The van der Waals surface area contributed by atoms with Crippen LogP contribution in [0.4, 0.5) is 10.5 Å². The molecule has 0 saturated carbocycles. The predicted molar refractivity (Wildman–Crippen MR) is 114 cm³/mol. The van der Waals surface area contributed by atoms with Gasteiger partial charge in [0.25, 0.3) is 5.91 Å². The molecule has 0 spiro atoms. The lowest BCUT2D eigenvalue weighted by Crippen LogP contribution is -2.49. The fourth-order valence-corrected chi connectivity index (χ4v) is 4.60. The minimum absolute atomic E-state index is 0.0338. The van der Waals surface area contributed by atoms with E-state index in [4.69, 9.17) is 5.84 Å². The fourth-order valence-electron chi connectivity index (χ4n) is 3.02. The number of sulfone groups is 1. The molecule has 0 radical (unpaired) electrons. The van der Waals surface area contributed by atoms with Crippen LogP contribution in [0, 0.1) is 0 Å². The summed E-state index contributed by atoms with van der Waals surface area (Å²) >= 11 is 3.42. The first-order valence-electron chi connectivity index (χ1n) is 8.91. The molecule has 0 atom stereocenters. The Morgan fingerprint density at radius 3 is 2.34 bits per heavy atom. The van der Waals surface area contributed by atoms with Crippen molar-refractivity contribution in [1.29, 1.82) is 0 Å². The highest BCUT2D eigenvalue weighted by atomic mass is 79.9. The number of nitrogens with two attached hydrogens (primary N) is 1. The maximum atomic E-state index is 13.2. The number of urea groups is 1. The van der Waals surface area contributed by atoms with Crippen molar-refractivity contribution >= 4 is 43.4 Å². The number of nitrogens with one attached hydrogen (secondary N) is 1. The standard InChI is InChI=1S/C19H21BrN4O4S/c20-16-2-1-3-17(12-16)24(19(26)23-8-10-29(27,28)11-9-23)13-14-4-6-15(7-5-14)18(25)22-21/h1-7,12H,8-11,13,21H2,(H,22,25). The van der Waals surface area contributed by atoms with Crippen molar-refractivity contribution in [3.8, 4) is 0 Å². The quantitative estimate of drug-likeness (QED) is 0.394. The third-order valence-corrected chi connectivity index (χ3v) is 6.76. The van der Waals surface area contributed by atoms with Crippen molar-refractivity contribution in [2.45, 2.75) is 6.54 Å². The smallest absolute Gasteiger partial charge is 0.322 e. The zero-order valence-corrected chi connectivity index (χ0v) is 17.9. The molecular formula is C19H21BrN4O4S. The van der Waals surface area contributed by atoms with Crippen LogP contribution in [0.5, 0.6) is 0 Å². The lowest BCUT2D eigenvalue weighted by atomic mass is 10.1. The van der Waals surface area contributed by atoms with Crippen molar-refractivity contribution < 1.29 is 18.0 Å². The summed E-state index contributed by atoms with van der Waals surface area (Å²) in [6, 6.07) is 13.8. The molecule has 0 bridgehead atoms. The minimum Gasteiger partial charge on any atom is -0.322 e. The molecule has 154 valence electrons. The number of hydrazine groups is 1. The second-order valence-electron chi connectivity index (χ2n) is 6.66. The number of benzene rings is 2. The normalized spacial score (nSPS) is 15.6. The fraction of sp³-hybridized carbons (Fsp3) is 0.263. The number of carbonyl (C=O) groups excluding carboxylic acids is 2. The van der Waals surface area contributed by atoms with Gasteiger partial charge in [-0.2, -0.15) is 0 Å². The van der Waals surface area contributed by atoms with Crippen LogP contribution < -0.4 is 16.2 Å². The van der Waals surface area contributed by atoms with E-state index in [2.05, 4.69) is 21.4 Å². The Bertz CT molecular complexity index is 997.